The van der Waals surface area contributed by atoms with E-state index in [1.165, 1.54) is 29.2 Å². The molecular formula is C29H25F4N5O3. The summed E-state index contributed by atoms with van der Waals surface area (Å²) < 4.78 is 54.1. The number of carbonyl (C=O) groups excluding carboxylic acids is 3. The molecule has 1 aliphatic rings. The molecular weight excluding hydrogens is 542 g/mol. The maximum atomic E-state index is 14.9. The van der Waals surface area contributed by atoms with Crippen LogP contribution in [0.1, 0.15) is 29.9 Å². The van der Waals surface area contributed by atoms with Gasteiger partial charge in [-0.2, -0.15) is 18.4 Å². The number of para-hydroxylation sites is 1. The molecule has 3 aromatic rings. The summed E-state index contributed by atoms with van der Waals surface area (Å²) in [6, 6.07) is 18.8. The quantitative estimate of drug-likeness (QED) is 0.346. The number of anilines is 3. The van der Waals surface area contributed by atoms with Gasteiger partial charge in [-0.3, -0.25) is 14.4 Å². The van der Waals surface area contributed by atoms with E-state index >= 15 is 0 Å². The van der Waals surface area contributed by atoms with E-state index in [1.54, 1.807) is 42.5 Å². The van der Waals surface area contributed by atoms with E-state index in [2.05, 4.69) is 10.6 Å². The monoisotopic (exact) mass is 567 g/mol. The van der Waals surface area contributed by atoms with Crippen molar-refractivity contribution in [2.45, 2.75) is 31.0 Å². The summed E-state index contributed by atoms with van der Waals surface area (Å²) in [6.45, 7) is -0.228. The minimum atomic E-state index is -4.60. The Balaban J connectivity index is 1.71. The number of nitrogens with one attached hydrogen (secondary N) is 2. The van der Waals surface area contributed by atoms with E-state index in [9.17, 15) is 37.2 Å². The average molecular weight is 568 g/mol. The lowest BCUT2D eigenvalue weighted by molar-refractivity contribution is -0.143. The van der Waals surface area contributed by atoms with Crippen molar-refractivity contribution in [3.8, 4) is 6.07 Å². The van der Waals surface area contributed by atoms with Crippen molar-refractivity contribution in [1.29, 1.82) is 5.26 Å². The molecule has 3 atom stereocenters. The Labute approximate surface area is 232 Å². The van der Waals surface area contributed by atoms with E-state index in [1.807, 2.05) is 6.07 Å². The molecule has 1 heterocycles. The van der Waals surface area contributed by atoms with Crippen molar-refractivity contribution in [2.75, 3.05) is 16.8 Å². The molecule has 0 bridgehead atoms. The van der Waals surface area contributed by atoms with Crippen molar-refractivity contribution < 1.29 is 31.9 Å². The fourth-order valence-corrected chi connectivity index (χ4v) is 4.82. The number of hydrogen-bond acceptors (Lipinski definition) is 5. The van der Waals surface area contributed by atoms with Gasteiger partial charge in [-0.05, 0) is 42.3 Å². The van der Waals surface area contributed by atoms with Crippen LogP contribution in [0.3, 0.4) is 0 Å². The van der Waals surface area contributed by atoms with Gasteiger partial charge in [0.05, 0.1) is 35.7 Å². The second-order valence-corrected chi connectivity index (χ2v) is 9.51. The summed E-state index contributed by atoms with van der Waals surface area (Å²) >= 11 is 0. The highest BCUT2D eigenvalue weighted by Crippen LogP contribution is 2.37. The molecule has 0 aliphatic carbocycles. The molecule has 8 nitrogen and oxygen atoms in total. The molecule has 0 aromatic heterocycles. The summed E-state index contributed by atoms with van der Waals surface area (Å²) in [5, 5.41) is 14.4. The number of rotatable bonds is 8. The number of amides is 3. The number of fused-ring (bicyclic) bond motifs is 1. The zero-order chi connectivity index (χ0) is 29.7. The molecule has 0 saturated heterocycles. The normalized spacial score (nSPS) is 16.4. The highest BCUT2D eigenvalue weighted by Gasteiger charge is 2.40. The fourth-order valence-electron chi connectivity index (χ4n) is 4.82. The number of halogens is 4. The Morgan fingerprint density at radius 2 is 1.80 bits per heavy atom. The summed E-state index contributed by atoms with van der Waals surface area (Å²) in [7, 11) is 0. The molecule has 12 heteroatoms. The average Bonchev–Trinajstić information content (AvgIpc) is 3.07. The SMILES string of the molecule is N#Cc1cccc(N2C[C@H](NC(=O)[C@@H](c3ccccc3)[C@@H](CCC(F)(F)F)C(N)=O)C(=O)Nc3c(F)cccc32)c1. The van der Waals surface area contributed by atoms with Crippen LogP contribution in [-0.2, 0) is 14.4 Å². The van der Waals surface area contributed by atoms with E-state index in [-0.39, 0.29) is 23.5 Å². The zero-order valence-corrected chi connectivity index (χ0v) is 21.5. The summed E-state index contributed by atoms with van der Waals surface area (Å²) in [4.78, 5) is 40.9. The number of carbonyl (C=O) groups is 3. The lowest BCUT2D eigenvalue weighted by Crippen LogP contribution is -2.51. The van der Waals surface area contributed by atoms with Crippen molar-refractivity contribution in [1.82, 2.24) is 5.32 Å². The van der Waals surface area contributed by atoms with Crippen molar-refractivity contribution in [2.24, 2.45) is 11.7 Å². The van der Waals surface area contributed by atoms with Crippen molar-refractivity contribution in [3.63, 3.8) is 0 Å². The van der Waals surface area contributed by atoms with Crippen LogP contribution in [0.25, 0.3) is 0 Å². The predicted octanol–water partition coefficient (Wildman–Crippen LogP) is 4.50. The highest BCUT2D eigenvalue weighted by atomic mass is 19.4. The first kappa shape index (κ1) is 29.1. The number of nitriles is 1. The lowest BCUT2D eigenvalue weighted by Gasteiger charge is -2.29. The first-order valence-corrected chi connectivity index (χ1v) is 12.6. The van der Waals surface area contributed by atoms with Crippen LogP contribution in [0, 0.1) is 23.1 Å². The molecule has 0 fully saturated rings. The number of nitrogens with two attached hydrogens (primary N) is 1. The Morgan fingerprint density at radius 3 is 2.46 bits per heavy atom. The first-order valence-electron chi connectivity index (χ1n) is 12.6. The third-order valence-corrected chi connectivity index (χ3v) is 6.76. The molecule has 1 aliphatic heterocycles. The Morgan fingerprint density at radius 1 is 1.10 bits per heavy atom. The molecule has 3 amide bonds. The molecule has 212 valence electrons. The summed E-state index contributed by atoms with van der Waals surface area (Å²) in [6.07, 6.45) is -6.69. The van der Waals surface area contributed by atoms with E-state index < -0.39 is 60.4 Å². The third-order valence-electron chi connectivity index (χ3n) is 6.76. The molecule has 0 spiro atoms. The van der Waals surface area contributed by atoms with Crippen LogP contribution in [0.4, 0.5) is 34.6 Å². The molecule has 0 radical (unpaired) electrons. The topological polar surface area (TPSA) is 128 Å². The number of primary amides is 1. The summed E-state index contributed by atoms with van der Waals surface area (Å²) in [5.74, 6) is -6.52. The van der Waals surface area contributed by atoms with Gasteiger partial charge in [-0.25, -0.2) is 4.39 Å². The lowest BCUT2D eigenvalue weighted by atomic mass is 9.81. The smallest absolute Gasteiger partial charge is 0.369 e. The Hall–Kier alpha value is -4.92. The van der Waals surface area contributed by atoms with Gasteiger partial charge >= 0.3 is 6.18 Å². The van der Waals surface area contributed by atoms with Crippen LogP contribution in [0.15, 0.2) is 72.8 Å². The van der Waals surface area contributed by atoms with Gasteiger partial charge in [0.2, 0.25) is 17.7 Å². The molecule has 4 N–H and O–H groups in total. The highest BCUT2D eigenvalue weighted by molar-refractivity contribution is 6.03. The fraction of sp³-hybridized carbons (Fsp3) is 0.241. The maximum Gasteiger partial charge on any atom is 0.389 e. The molecule has 0 saturated carbocycles. The van der Waals surface area contributed by atoms with Gasteiger partial charge in [0.1, 0.15) is 17.5 Å². The van der Waals surface area contributed by atoms with Gasteiger partial charge in [-0.15, -0.1) is 0 Å². The molecule has 4 rings (SSSR count). The van der Waals surface area contributed by atoms with Crippen molar-refractivity contribution in [3.05, 3.63) is 89.7 Å². The number of hydrogen-bond donors (Lipinski definition) is 3. The van der Waals surface area contributed by atoms with E-state index in [4.69, 9.17) is 5.73 Å². The second kappa shape index (κ2) is 12.1. The standard InChI is InChI=1S/C29H25F4N5O3/c30-21-10-5-11-23-25(21)37-27(40)22(16-38(23)19-9-4-6-17(14-19)15-34)36-28(41)24(18-7-2-1-3-8-18)20(26(35)39)12-13-29(31,32)33/h1-11,14,20,22,24H,12-13,16H2,(H2,35,39)(H,36,41)(H,37,40)/t20-,22+,24+/m1/s1. The van der Waals surface area contributed by atoms with Crippen LogP contribution in [0.2, 0.25) is 0 Å². The molecule has 41 heavy (non-hydrogen) atoms. The Kier molecular flexibility index (Phi) is 8.56. The van der Waals surface area contributed by atoms with Crippen LogP contribution in [-0.4, -0.2) is 36.5 Å². The van der Waals surface area contributed by atoms with Gasteiger partial charge < -0.3 is 21.3 Å². The van der Waals surface area contributed by atoms with Crippen LogP contribution < -0.4 is 21.3 Å². The van der Waals surface area contributed by atoms with E-state index in [0.717, 1.165) is 6.07 Å². The van der Waals surface area contributed by atoms with Crippen molar-refractivity contribution >= 4 is 34.8 Å². The number of nitrogens with zero attached hydrogens (tertiary/aromatic N) is 2. The predicted molar refractivity (Wildman–Crippen MR) is 142 cm³/mol. The van der Waals surface area contributed by atoms with Gasteiger partial charge in [0.25, 0.3) is 0 Å². The number of benzene rings is 3. The van der Waals surface area contributed by atoms with E-state index in [0.29, 0.717) is 11.3 Å². The van der Waals surface area contributed by atoms with Gasteiger partial charge in [-0.1, -0.05) is 42.5 Å². The first-order chi connectivity index (χ1) is 19.5. The van der Waals surface area contributed by atoms with Crippen LogP contribution >= 0.6 is 0 Å². The van der Waals surface area contributed by atoms with Gasteiger partial charge in [0.15, 0.2) is 0 Å². The molecule has 0 unspecified atom stereocenters. The third kappa shape index (κ3) is 6.81. The number of alkyl halides is 3. The maximum absolute atomic E-state index is 14.9. The summed E-state index contributed by atoms with van der Waals surface area (Å²) in [5.41, 5.74) is 6.53. The molecule has 3 aromatic carbocycles. The van der Waals surface area contributed by atoms with Crippen LogP contribution in [0.5, 0.6) is 0 Å². The minimum absolute atomic E-state index is 0.156. The Bertz CT molecular complexity index is 1490. The second-order valence-electron chi connectivity index (χ2n) is 9.51. The minimum Gasteiger partial charge on any atom is -0.369 e. The largest absolute Gasteiger partial charge is 0.389 e. The zero-order valence-electron chi connectivity index (χ0n) is 21.5. The van der Waals surface area contributed by atoms with Gasteiger partial charge in [0, 0.05) is 12.1 Å².